The van der Waals surface area contributed by atoms with E-state index < -0.39 is 0 Å². The van der Waals surface area contributed by atoms with E-state index >= 15 is 0 Å². The van der Waals surface area contributed by atoms with Crippen LogP contribution in [0.3, 0.4) is 0 Å². The lowest BCUT2D eigenvalue weighted by Crippen LogP contribution is -2.22. The van der Waals surface area contributed by atoms with Crippen LogP contribution in [0.4, 0.5) is 0 Å². The van der Waals surface area contributed by atoms with Crippen molar-refractivity contribution in [2.24, 2.45) is 0 Å². The van der Waals surface area contributed by atoms with Gasteiger partial charge in [-0.2, -0.15) is 11.3 Å². The van der Waals surface area contributed by atoms with Crippen molar-refractivity contribution in [3.8, 4) is 17.2 Å². The summed E-state index contributed by atoms with van der Waals surface area (Å²) in [5.74, 6) is 1.35. The van der Waals surface area contributed by atoms with Crippen LogP contribution in [0.2, 0.25) is 0 Å². The van der Waals surface area contributed by atoms with E-state index in [1.165, 1.54) is 5.56 Å². The van der Waals surface area contributed by atoms with E-state index in [0.29, 0.717) is 24.0 Å². The molecule has 0 aliphatic carbocycles. The van der Waals surface area contributed by atoms with Crippen LogP contribution in [0.15, 0.2) is 45.5 Å². The Morgan fingerprint density at radius 1 is 1.29 bits per heavy atom. The van der Waals surface area contributed by atoms with Crippen molar-refractivity contribution in [1.29, 1.82) is 0 Å². The van der Waals surface area contributed by atoms with Crippen LogP contribution < -0.4 is 4.74 Å². The van der Waals surface area contributed by atoms with Gasteiger partial charge in [0, 0.05) is 12.1 Å². The Balaban J connectivity index is 1.71. The summed E-state index contributed by atoms with van der Waals surface area (Å²) in [4.78, 5) is 2.51. The van der Waals surface area contributed by atoms with Crippen molar-refractivity contribution in [2.75, 3.05) is 13.7 Å². The standard InChI is InChI=1S/C17H19N3O2S2/c1-3-21-15-6-4-14(5-7-15)16-18-20(17(23)22-16)12-19(2)10-13-8-9-24-11-13/h4-9,11H,3,10,12H2,1-2H3. The highest BCUT2D eigenvalue weighted by Gasteiger charge is 2.10. The van der Waals surface area contributed by atoms with Crippen LogP contribution in [-0.2, 0) is 13.2 Å². The first-order valence-corrected chi connectivity index (χ1v) is 9.01. The fourth-order valence-electron chi connectivity index (χ4n) is 2.35. The molecule has 0 amide bonds. The zero-order valence-corrected chi connectivity index (χ0v) is 15.3. The van der Waals surface area contributed by atoms with Gasteiger partial charge in [-0.1, -0.05) is 0 Å². The van der Waals surface area contributed by atoms with Crippen molar-refractivity contribution in [2.45, 2.75) is 20.1 Å². The predicted octanol–water partition coefficient (Wildman–Crippen LogP) is 4.42. The molecule has 0 spiro atoms. The van der Waals surface area contributed by atoms with Crippen LogP contribution in [0.25, 0.3) is 11.5 Å². The summed E-state index contributed by atoms with van der Waals surface area (Å²) >= 11 is 6.99. The van der Waals surface area contributed by atoms with Crippen molar-refractivity contribution >= 4 is 23.6 Å². The first-order valence-electron chi connectivity index (χ1n) is 7.66. The van der Waals surface area contributed by atoms with Gasteiger partial charge in [-0.25, -0.2) is 4.68 Å². The number of hydrogen-bond acceptors (Lipinski definition) is 6. The van der Waals surface area contributed by atoms with E-state index in [4.69, 9.17) is 21.4 Å². The van der Waals surface area contributed by atoms with Crippen LogP contribution in [-0.4, -0.2) is 28.3 Å². The monoisotopic (exact) mass is 361 g/mol. The van der Waals surface area contributed by atoms with Crippen molar-refractivity contribution in [3.05, 3.63) is 51.5 Å². The third-order valence-corrected chi connectivity index (χ3v) is 4.45. The third-order valence-electron chi connectivity index (χ3n) is 3.43. The van der Waals surface area contributed by atoms with E-state index in [-0.39, 0.29) is 0 Å². The van der Waals surface area contributed by atoms with Crippen molar-refractivity contribution < 1.29 is 9.15 Å². The zero-order valence-electron chi connectivity index (χ0n) is 13.6. The van der Waals surface area contributed by atoms with Gasteiger partial charge in [0.1, 0.15) is 5.75 Å². The number of benzene rings is 1. The van der Waals surface area contributed by atoms with Crippen LogP contribution in [0, 0.1) is 4.84 Å². The number of ether oxygens (including phenoxy) is 1. The molecule has 0 aliphatic heterocycles. The molecule has 0 radical (unpaired) electrons. The summed E-state index contributed by atoms with van der Waals surface area (Å²) in [6.07, 6.45) is 0. The topological polar surface area (TPSA) is 43.4 Å². The van der Waals surface area contributed by atoms with E-state index in [0.717, 1.165) is 17.9 Å². The minimum atomic E-state index is 0.371. The van der Waals surface area contributed by atoms with Crippen LogP contribution in [0.5, 0.6) is 5.75 Å². The van der Waals surface area contributed by atoms with Gasteiger partial charge in [0.15, 0.2) is 0 Å². The summed E-state index contributed by atoms with van der Waals surface area (Å²) in [5.41, 5.74) is 2.16. The number of hydrogen-bond donors (Lipinski definition) is 0. The van der Waals surface area contributed by atoms with Gasteiger partial charge >= 0.3 is 0 Å². The maximum atomic E-state index is 5.64. The summed E-state index contributed by atoms with van der Waals surface area (Å²) in [6.45, 7) is 4.03. The molecule has 2 aromatic heterocycles. The lowest BCUT2D eigenvalue weighted by Gasteiger charge is -2.14. The second-order valence-corrected chi connectivity index (χ2v) is 6.55. The SMILES string of the molecule is CCOc1ccc(-c2nn(CN(C)Cc3ccsc3)c(=S)o2)cc1. The fraction of sp³-hybridized carbons (Fsp3) is 0.294. The molecule has 7 heteroatoms. The molecule has 0 saturated heterocycles. The van der Waals surface area contributed by atoms with Gasteiger partial charge < -0.3 is 9.15 Å². The smallest absolute Gasteiger partial charge is 0.288 e. The van der Waals surface area contributed by atoms with Gasteiger partial charge in [0.05, 0.1) is 13.3 Å². The quantitative estimate of drug-likeness (QED) is 0.583. The first kappa shape index (κ1) is 16.9. The van der Waals surface area contributed by atoms with Gasteiger partial charge in [-0.05, 0) is 72.8 Å². The Bertz CT molecular complexity index is 822. The average molecular weight is 361 g/mol. The number of thiophene rings is 1. The molecule has 0 N–H and O–H groups in total. The highest BCUT2D eigenvalue weighted by Crippen LogP contribution is 2.21. The summed E-state index contributed by atoms with van der Waals surface area (Å²) < 4.78 is 12.8. The molecule has 5 nitrogen and oxygen atoms in total. The van der Waals surface area contributed by atoms with E-state index in [1.807, 2.05) is 38.2 Å². The first-order chi connectivity index (χ1) is 11.7. The minimum Gasteiger partial charge on any atom is -0.494 e. The Morgan fingerprint density at radius 2 is 2.08 bits per heavy atom. The molecule has 0 aliphatic rings. The highest BCUT2D eigenvalue weighted by atomic mass is 32.1. The molecule has 0 atom stereocenters. The second kappa shape index (κ2) is 7.74. The summed E-state index contributed by atoms with van der Waals surface area (Å²) in [7, 11) is 2.03. The molecule has 2 heterocycles. The largest absolute Gasteiger partial charge is 0.494 e. The Labute approximate surface area is 150 Å². The number of nitrogens with zero attached hydrogens (tertiary/aromatic N) is 3. The average Bonchev–Trinajstić information content (AvgIpc) is 3.19. The van der Waals surface area contributed by atoms with Gasteiger partial charge in [-0.15, -0.1) is 5.10 Å². The molecule has 3 rings (SSSR count). The van der Waals surface area contributed by atoms with E-state index in [1.54, 1.807) is 16.0 Å². The maximum Gasteiger partial charge on any atom is 0.288 e. The fourth-order valence-corrected chi connectivity index (χ4v) is 3.18. The lowest BCUT2D eigenvalue weighted by atomic mass is 10.2. The van der Waals surface area contributed by atoms with Gasteiger partial charge in [0.2, 0.25) is 5.89 Å². The summed E-state index contributed by atoms with van der Waals surface area (Å²) in [5, 5.41) is 8.71. The van der Waals surface area contributed by atoms with Crippen LogP contribution >= 0.6 is 23.6 Å². The maximum absolute atomic E-state index is 5.64. The zero-order chi connectivity index (χ0) is 16.9. The normalized spacial score (nSPS) is 11.1. The molecule has 0 fully saturated rings. The highest BCUT2D eigenvalue weighted by molar-refractivity contribution is 7.71. The molecule has 24 heavy (non-hydrogen) atoms. The van der Waals surface area contributed by atoms with Gasteiger partial charge in [-0.3, -0.25) is 4.90 Å². The third kappa shape index (κ3) is 4.11. The molecule has 126 valence electrons. The molecule has 0 unspecified atom stereocenters. The minimum absolute atomic E-state index is 0.371. The van der Waals surface area contributed by atoms with Gasteiger partial charge in [0.25, 0.3) is 4.84 Å². The van der Waals surface area contributed by atoms with Crippen LogP contribution in [0.1, 0.15) is 12.5 Å². The summed E-state index contributed by atoms with van der Waals surface area (Å²) in [6, 6.07) is 9.77. The lowest BCUT2D eigenvalue weighted by molar-refractivity contribution is 0.241. The van der Waals surface area contributed by atoms with E-state index in [2.05, 4.69) is 26.8 Å². The molecular weight excluding hydrogens is 342 g/mol. The van der Waals surface area contributed by atoms with Crippen molar-refractivity contribution in [3.63, 3.8) is 0 Å². The Hall–Kier alpha value is -1.96. The molecule has 0 bridgehead atoms. The number of aromatic nitrogens is 2. The Kier molecular flexibility index (Phi) is 5.44. The molecule has 3 aromatic rings. The molecule has 1 aromatic carbocycles. The van der Waals surface area contributed by atoms with E-state index in [9.17, 15) is 0 Å². The Morgan fingerprint density at radius 3 is 2.75 bits per heavy atom. The molecular formula is C17H19N3O2S2. The number of rotatable bonds is 7. The van der Waals surface area contributed by atoms with Crippen molar-refractivity contribution in [1.82, 2.24) is 14.7 Å². The predicted molar refractivity (Wildman–Crippen MR) is 97.7 cm³/mol. The molecule has 0 saturated carbocycles. The second-order valence-electron chi connectivity index (χ2n) is 5.42.